The highest BCUT2D eigenvalue weighted by Crippen LogP contribution is 2.33. The van der Waals surface area contributed by atoms with E-state index < -0.39 is 5.91 Å². The molecule has 1 rings (SSSR count). The summed E-state index contributed by atoms with van der Waals surface area (Å²) in [5.74, 6) is 0.440. The van der Waals surface area contributed by atoms with Crippen molar-refractivity contribution in [1.29, 1.82) is 0 Å². The first-order chi connectivity index (χ1) is 8.06. The summed E-state index contributed by atoms with van der Waals surface area (Å²) < 4.78 is 0. The summed E-state index contributed by atoms with van der Waals surface area (Å²) in [5.41, 5.74) is 11.8. The lowest BCUT2D eigenvalue weighted by molar-refractivity contribution is 0.0997. The van der Waals surface area contributed by atoms with Crippen molar-refractivity contribution in [3.05, 3.63) is 22.7 Å². The molecule has 1 aromatic rings. The highest BCUT2D eigenvalue weighted by Gasteiger charge is 2.13. The Morgan fingerprint density at radius 2 is 2.12 bits per heavy atom. The van der Waals surface area contributed by atoms with Gasteiger partial charge in [-0.1, -0.05) is 31.4 Å². The van der Waals surface area contributed by atoms with Gasteiger partial charge in [0.15, 0.2) is 0 Å². The molecule has 0 saturated heterocycles. The van der Waals surface area contributed by atoms with E-state index in [2.05, 4.69) is 6.92 Å². The third kappa shape index (κ3) is 4.13. The Labute approximate surface area is 111 Å². The molecule has 1 aromatic carbocycles. The first-order valence-electron chi connectivity index (χ1n) is 5.58. The Kier molecular flexibility index (Phi) is 5.65. The van der Waals surface area contributed by atoms with Crippen LogP contribution in [0.15, 0.2) is 17.0 Å². The number of nitrogens with two attached hydrogens (primary N) is 2. The quantitative estimate of drug-likeness (QED) is 0.474. The van der Waals surface area contributed by atoms with Crippen LogP contribution in [0.1, 0.15) is 36.5 Å². The fourth-order valence-electron chi connectivity index (χ4n) is 1.47. The summed E-state index contributed by atoms with van der Waals surface area (Å²) in [7, 11) is 0. The number of carbonyl (C=O) groups excluding carboxylic acids is 1. The predicted molar refractivity (Wildman–Crippen MR) is 74.6 cm³/mol. The zero-order chi connectivity index (χ0) is 12.8. The number of hydrogen-bond donors (Lipinski definition) is 2. The molecule has 0 saturated carbocycles. The van der Waals surface area contributed by atoms with Gasteiger partial charge >= 0.3 is 0 Å². The van der Waals surface area contributed by atoms with E-state index in [4.69, 9.17) is 23.1 Å². The molecule has 0 aliphatic carbocycles. The maximum absolute atomic E-state index is 11.3. The van der Waals surface area contributed by atoms with Gasteiger partial charge in [-0.25, -0.2) is 0 Å². The molecule has 94 valence electrons. The largest absolute Gasteiger partial charge is 0.399 e. The highest BCUT2D eigenvalue weighted by atomic mass is 35.5. The van der Waals surface area contributed by atoms with Gasteiger partial charge in [-0.3, -0.25) is 4.79 Å². The van der Waals surface area contributed by atoms with Gasteiger partial charge in [0.2, 0.25) is 5.91 Å². The van der Waals surface area contributed by atoms with Gasteiger partial charge in [-0.05, 0) is 24.3 Å². The van der Waals surface area contributed by atoms with Crippen LogP contribution in [0, 0.1) is 0 Å². The molecule has 0 aliphatic rings. The van der Waals surface area contributed by atoms with E-state index in [9.17, 15) is 4.79 Å². The van der Waals surface area contributed by atoms with E-state index in [1.165, 1.54) is 12.8 Å². The molecule has 4 N–H and O–H groups in total. The Balaban J connectivity index is 2.85. The van der Waals surface area contributed by atoms with Crippen LogP contribution in [0.3, 0.4) is 0 Å². The minimum Gasteiger partial charge on any atom is -0.399 e. The first kappa shape index (κ1) is 14.2. The summed E-state index contributed by atoms with van der Waals surface area (Å²) in [6.07, 6.45) is 3.43. The molecule has 1 amide bonds. The average molecular weight is 273 g/mol. The molecule has 17 heavy (non-hydrogen) atoms. The number of hydrogen-bond acceptors (Lipinski definition) is 3. The van der Waals surface area contributed by atoms with Crippen LogP contribution >= 0.6 is 23.4 Å². The molecule has 0 spiro atoms. The van der Waals surface area contributed by atoms with Crippen molar-refractivity contribution in [3.8, 4) is 0 Å². The normalized spacial score (nSPS) is 10.5. The lowest BCUT2D eigenvalue weighted by Crippen LogP contribution is -2.13. The van der Waals surface area contributed by atoms with Crippen LogP contribution in [-0.2, 0) is 0 Å². The Hall–Kier alpha value is -0.870. The van der Waals surface area contributed by atoms with Crippen LogP contribution in [0.5, 0.6) is 0 Å². The molecular weight excluding hydrogens is 256 g/mol. The SMILES string of the molecule is CCCCCSc1c(Cl)cc(N)cc1C(N)=O. The van der Waals surface area contributed by atoms with Gasteiger partial charge in [0, 0.05) is 10.6 Å². The number of anilines is 1. The number of primary amides is 1. The number of nitrogen functional groups attached to an aromatic ring is 1. The van der Waals surface area contributed by atoms with Crippen molar-refractivity contribution >= 4 is 35.0 Å². The van der Waals surface area contributed by atoms with E-state index in [-0.39, 0.29) is 0 Å². The lowest BCUT2D eigenvalue weighted by Gasteiger charge is -2.09. The topological polar surface area (TPSA) is 69.1 Å². The summed E-state index contributed by atoms with van der Waals surface area (Å²) in [6, 6.07) is 3.23. The zero-order valence-electron chi connectivity index (χ0n) is 9.83. The second-order valence-corrected chi connectivity index (χ2v) is 5.31. The van der Waals surface area contributed by atoms with Crippen LogP contribution in [0.2, 0.25) is 5.02 Å². The minimum atomic E-state index is -0.489. The monoisotopic (exact) mass is 272 g/mol. The minimum absolute atomic E-state index is 0.413. The lowest BCUT2D eigenvalue weighted by atomic mass is 10.2. The smallest absolute Gasteiger partial charge is 0.249 e. The molecular formula is C12H17ClN2OS. The van der Waals surface area contributed by atoms with Crippen molar-refractivity contribution in [2.45, 2.75) is 31.1 Å². The van der Waals surface area contributed by atoms with Crippen molar-refractivity contribution in [1.82, 2.24) is 0 Å². The van der Waals surface area contributed by atoms with Crippen molar-refractivity contribution in [2.24, 2.45) is 5.73 Å². The number of carbonyl (C=O) groups is 1. The third-order valence-corrected chi connectivity index (χ3v) is 3.96. The molecule has 3 nitrogen and oxygen atoms in total. The fraction of sp³-hybridized carbons (Fsp3) is 0.417. The van der Waals surface area contributed by atoms with Gasteiger partial charge in [-0.15, -0.1) is 11.8 Å². The summed E-state index contributed by atoms with van der Waals surface area (Å²) in [5, 5.41) is 0.500. The number of amides is 1. The van der Waals surface area contributed by atoms with E-state index >= 15 is 0 Å². The molecule has 0 bridgehead atoms. The third-order valence-electron chi connectivity index (χ3n) is 2.33. The fourth-order valence-corrected chi connectivity index (χ4v) is 2.93. The number of benzene rings is 1. The predicted octanol–water partition coefficient (Wildman–Crippen LogP) is 3.30. The molecule has 0 unspecified atom stereocenters. The van der Waals surface area contributed by atoms with E-state index in [0.29, 0.717) is 16.3 Å². The van der Waals surface area contributed by atoms with Crippen molar-refractivity contribution < 1.29 is 4.79 Å². The summed E-state index contributed by atoms with van der Waals surface area (Å²) in [6.45, 7) is 2.15. The Morgan fingerprint density at radius 1 is 1.41 bits per heavy atom. The molecule has 0 heterocycles. The summed E-state index contributed by atoms with van der Waals surface area (Å²) in [4.78, 5) is 12.1. The van der Waals surface area contributed by atoms with Gasteiger partial charge in [0.05, 0.1) is 10.6 Å². The highest BCUT2D eigenvalue weighted by molar-refractivity contribution is 7.99. The summed E-state index contributed by atoms with van der Waals surface area (Å²) >= 11 is 7.65. The molecule has 0 radical (unpaired) electrons. The van der Waals surface area contributed by atoms with E-state index in [1.807, 2.05) is 0 Å². The Bertz CT molecular complexity index is 410. The zero-order valence-corrected chi connectivity index (χ0v) is 11.4. The van der Waals surface area contributed by atoms with Crippen molar-refractivity contribution in [3.63, 3.8) is 0 Å². The van der Waals surface area contributed by atoms with E-state index in [0.717, 1.165) is 17.1 Å². The number of thioether (sulfide) groups is 1. The van der Waals surface area contributed by atoms with Gasteiger partial charge in [0.25, 0.3) is 0 Å². The van der Waals surface area contributed by atoms with Gasteiger partial charge in [0.1, 0.15) is 0 Å². The van der Waals surface area contributed by atoms with Crippen molar-refractivity contribution in [2.75, 3.05) is 11.5 Å². The molecule has 0 atom stereocenters. The van der Waals surface area contributed by atoms with Crippen LogP contribution in [-0.4, -0.2) is 11.7 Å². The van der Waals surface area contributed by atoms with Gasteiger partial charge in [-0.2, -0.15) is 0 Å². The van der Waals surface area contributed by atoms with Crippen LogP contribution in [0.25, 0.3) is 0 Å². The van der Waals surface area contributed by atoms with Crippen LogP contribution in [0.4, 0.5) is 5.69 Å². The van der Waals surface area contributed by atoms with E-state index in [1.54, 1.807) is 23.9 Å². The number of halogens is 1. The maximum atomic E-state index is 11.3. The number of rotatable bonds is 6. The first-order valence-corrected chi connectivity index (χ1v) is 6.94. The van der Waals surface area contributed by atoms with Crippen LogP contribution < -0.4 is 11.5 Å². The second-order valence-electron chi connectivity index (χ2n) is 3.80. The maximum Gasteiger partial charge on any atom is 0.249 e. The molecule has 5 heteroatoms. The van der Waals surface area contributed by atoms with Gasteiger partial charge < -0.3 is 11.5 Å². The average Bonchev–Trinajstić information content (AvgIpc) is 2.25. The molecule has 0 fully saturated rings. The molecule has 0 aromatic heterocycles. The molecule has 0 aliphatic heterocycles. The second kappa shape index (κ2) is 6.77. The standard InChI is InChI=1S/C12H17ClN2OS/c1-2-3-4-5-17-11-9(12(15)16)6-8(14)7-10(11)13/h6-7H,2-5,14H2,1H3,(H2,15,16). The number of unbranched alkanes of at least 4 members (excludes halogenated alkanes) is 2. The Morgan fingerprint density at radius 3 is 2.71 bits per heavy atom.